The Labute approximate surface area is 133 Å². The van der Waals surface area contributed by atoms with Crippen molar-refractivity contribution < 1.29 is 4.79 Å². The van der Waals surface area contributed by atoms with E-state index in [1.165, 1.54) is 0 Å². The first kappa shape index (κ1) is 16.0. The highest BCUT2D eigenvalue weighted by atomic mass is 32.1. The number of aromatic nitrogens is 3. The van der Waals surface area contributed by atoms with Crippen molar-refractivity contribution in [2.45, 2.75) is 40.3 Å². The Hall–Kier alpha value is -2.40. The summed E-state index contributed by atoms with van der Waals surface area (Å²) in [6, 6.07) is 3.54. The molecule has 8 heteroatoms. The number of anilines is 1. The topological polar surface area (TPSA) is 95.6 Å². The van der Waals surface area contributed by atoms with Crippen molar-refractivity contribution in [2.75, 3.05) is 5.32 Å². The third-order valence-electron chi connectivity index (χ3n) is 3.07. The molecule has 0 saturated carbocycles. The zero-order chi connectivity index (χ0) is 16.1. The first-order valence-corrected chi connectivity index (χ1v) is 7.70. The molecular weight excluding hydrogens is 300 g/mol. The minimum absolute atomic E-state index is 0.310. The van der Waals surface area contributed by atoms with E-state index in [0.29, 0.717) is 25.3 Å². The van der Waals surface area contributed by atoms with Crippen LogP contribution in [0.3, 0.4) is 0 Å². The van der Waals surface area contributed by atoms with E-state index in [2.05, 4.69) is 26.8 Å². The zero-order valence-corrected chi connectivity index (χ0v) is 13.6. The molecule has 7 nitrogen and oxygen atoms in total. The molecule has 22 heavy (non-hydrogen) atoms. The first-order chi connectivity index (χ1) is 10.5. The molecule has 2 aromatic rings. The van der Waals surface area contributed by atoms with Gasteiger partial charge in [0.15, 0.2) is 5.82 Å². The maximum absolute atomic E-state index is 11.9. The van der Waals surface area contributed by atoms with Crippen LogP contribution in [0.1, 0.15) is 27.7 Å². The molecule has 2 rings (SSSR count). The van der Waals surface area contributed by atoms with E-state index in [-0.39, 0.29) is 6.03 Å². The van der Waals surface area contributed by atoms with Gasteiger partial charge in [-0.1, -0.05) is 0 Å². The number of urea groups is 1. The molecule has 0 aliphatic rings. The van der Waals surface area contributed by atoms with E-state index in [0.717, 1.165) is 21.3 Å². The van der Waals surface area contributed by atoms with Gasteiger partial charge in [0.05, 0.1) is 36.3 Å². The highest BCUT2D eigenvalue weighted by Gasteiger charge is 2.09. The van der Waals surface area contributed by atoms with Gasteiger partial charge in [0.2, 0.25) is 0 Å². The average Bonchev–Trinajstić information content (AvgIpc) is 2.96. The lowest BCUT2D eigenvalue weighted by Crippen LogP contribution is -2.28. The third kappa shape index (κ3) is 4.05. The van der Waals surface area contributed by atoms with Gasteiger partial charge in [0.1, 0.15) is 0 Å². The first-order valence-electron chi connectivity index (χ1n) is 6.88. The predicted octanol–water partition coefficient (Wildman–Crippen LogP) is 2.50. The van der Waals surface area contributed by atoms with Crippen LogP contribution in [-0.2, 0) is 13.1 Å². The number of carbonyl (C=O) groups is 1. The van der Waals surface area contributed by atoms with Crippen LogP contribution in [0.15, 0.2) is 6.07 Å². The molecule has 2 N–H and O–H groups in total. The molecule has 0 saturated heterocycles. The second-order valence-corrected chi connectivity index (χ2v) is 6.14. The molecule has 0 aliphatic carbocycles. The summed E-state index contributed by atoms with van der Waals surface area (Å²) in [7, 11) is 0. The van der Waals surface area contributed by atoms with Crippen LogP contribution < -0.4 is 10.6 Å². The molecule has 116 valence electrons. The average molecular weight is 318 g/mol. The Morgan fingerprint density at radius 1 is 1.45 bits per heavy atom. The van der Waals surface area contributed by atoms with Crippen molar-refractivity contribution in [1.29, 1.82) is 5.26 Å². The van der Waals surface area contributed by atoms with E-state index < -0.39 is 0 Å². The Morgan fingerprint density at radius 3 is 2.86 bits per heavy atom. The molecule has 0 aliphatic heterocycles. The number of aryl methyl sites for hydroxylation is 4. The van der Waals surface area contributed by atoms with E-state index in [1.54, 1.807) is 22.1 Å². The van der Waals surface area contributed by atoms with Crippen LogP contribution in [0.4, 0.5) is 10.6 Å². The molecule has 2 heterocycles. The molecule has 2 amide bonds. The molecule has 0 bridgehead atoms. The summed E-state index contributed by atoms with van der Waals surface area (Å²) in [6.07, 6.45) is 0.387. The number of nitrogens with one attached hydrogen (secondary N) is 2. The monoisotopic (exact) mass is 318 g/mol. The smallest absolute Gasteiger partial charge is 0.320 e. The number of hydrogen-bond acceptors (Lipinski definition) is 5. The summed E-state index contributed by atoms with van der Waals surface area (Å²) in [5.74, 6) is 0.477. The fourth-order valence-corrected chi connectivity index (χ4v) is 2.89. The predicted molar refractivity (Wildman–Crippen MR) is 84.6 cm³/mol. The number of rotatable bonds is 5. The van der Waals surface area contributed by atoms with E-state index in [4.69, 9.17) is 5.26 Å². The van der Waals surface area contributed by atoms with Crippen LogP contribution in [0.5, 0.6) is 0 Å². The Morgan fingerprint density at radius 2 is 2.23 bits per heavy atom. The molecule has 0 spiro atoms. The van der Waals surface area contributed by atoms with Crippen molar-refractivity contribution in [2.24, 2.45) is 0 Å². The normalized spacial score (nSPS) is 10.3. The van der Waals surface area contributed by atoms with Crippen LogP contribution in [0.2, 0.25) is 0 Å². The van der Waals surface area contributed by atoms with E-state index >= 15 is 0 Å². The van der Waals surface area contributed by atoms with Crippen LogP contribution in [0, 0.1) is 32.1 Å². The second-order valence-electron chi connectivity index (χ2n) is 4.85. The van der Waals surface area contributed by atoms with Gasteiger partial charge < -0.3 is 5.32 Å². The lowest BCUT2D eigenvalue weighted by Gasteiger charge is -2.04. The molecular formula is C14H18N6OS. The Balaban J connectivity index is 1.89. The summed E-state index contributed by atoms with van der Waals surface area (Å²) in [5, 5.41) is 19.3. The van der Waals surface area contributed by atoms with Crippen molar-refractivity contribution in [3.8, 4) is 6.07 Å². The maximum atomic E-state index is 11.9. The number of nitrogens with zero attached hydrogens (tertiary/aromatic N) is 4. The number of thiazole rings is 1. The summed E-state index contributed by atoms with van der Waals surface area (Å²) in [4.78, 5) is 17.3. The molecule has 0 unspecified atom stereocenters. The van der Waals surface area contributed by atoms with E-state index in [1.807, 2.05) is 20.8 Å². The second kappa shape index (κ2) is 7.04. The molecule has 0 aromatic carbocycles. The molecule has 0 fully saturated rings. The fraction of sp³-hybridized carbons (Fsp3) is 0.429. The van der Waals surface area contributed by atoms with Gasteiger partial charge in [-0.25, -0.2) is 9.78 Å². The van der Waals surface area contributed by atoms with Gasteiger partial charge in [0.25, 0.3) is 0 Å². The van der Waals surface area contributed by atoms with Gasteiger partial charge in [-0.2, -0.15) is 10.4 Å². The number of nitriles is 1. The summed E-state index contributed by atoms with van der Waals surface area (Å²) in [5.41, 5.74) is 1.85. The largest absolute Gasteiger partial charge is 0.333 e. The van der Waals surface area contributed by atoms with Gasteiger partial charge in [-0.3, -0.25) is 10.00 Å². The third-order valence-corrected chi connectivity index (χ3v) is 4.14. The van der Waals surface area contributed by atoms with E-state index in [9.17, 15) is 4.79 Å². The highest BCUT2D eigenvalue weighted by molar-refractivity contribution is 7.11. The summed E-state index contributed by atoms with van der Waals surface area (Å²) < 4.78 is 1.70. The molecule has 2 aromatic heterocycles. The lowest BCUT2D eigenvalue weighted by molar-refractivity contribution is 0.251. The van der Waals surface area contributed by atoms with Crippen LogP contribution >= 0.6 is 11.3 Å². The SMILES string of the molecule is Cc1nc(C)c(CNC(=O)Nc2cc(C)n(CCC#N)n2)s1. The number of hydrogen-bond donors (Lipinski definition) is 2. The maximum Gasteiger partial charge on any atom is 0.320 e. The van der Waals surface area contributed by atoms with Crippen molar-refractivity contribution in [1.82, 2.24) is 20.1 Å². The van der Waals surface area contributed by atoms with Gasteiger partial charge in [0, 0.05) is 16.6 Å². The van der Waals surface area contributed by atoms with Crippen LogP contribution in [0.25, 0.3) is 0 Å². The number of carbonyl (C=O) groups excluding carboxylic acids is 1. The van der Waals surface area contributed by atoms with Crippen molar-refractivity contribution in [3.63, 3.8) is 0 Å². The molecule has 0 atom stereocenters. The molecule has 0 radical (unpaired) electrons. The van der Waals surface area contributed by atoms with Gasteiger partial charge in [-0.15, -0.1) is 11.3 Å². The standard InChI is InChI=1S/C14H18N6OS/c1-9-7-13(19-20(9)6-4-5-15)18-14(21)16-8-12-10(2)17-11(3)22-12/h7H,4,6,8H2,1-3H3,(H2,16,18,19,21). The summed E-state index contributed by atoms with van der Waals surface area (Å²) >= 11 is 1.57. The van der Waals surface area contributed by atoms with Gasteiger partial charge in [-0.05, 0) is 20.8 Å². The van der Waals surface area contributed by atoms with Crippen molar-refractivity contribution in [3.05, 3.63) is 27.3 Å². The minimum atomic E-state index is -0.310. The lowest BCUT2D eigenvalue weighted by atomic mass is 10.4. The quantitative estimate of drug-likeness (QED) is 0.885. The Bertz CT molecular complexity index is 711. The fourth-order valence-electron chi connectivity index (χ4n) is 2.01. The van der Waals surface area contributed by atoms with Gasteiger partial charge >= 0.3 is 6.03 Å². The highest BCUT2D eigenvalue weighted by Crippen LogP contribution is 2.16. The minimum Gasteiger partial charge on any atom is -0.333 e. The van der Waals surface area contributed by atoms with Crippen molar-refractivity contribution >= 4 is 23.2 Å². The number of amides is 2. The summed E-state index contributed by atoms with van der Waals surface area (Å²) in [6.45, 7) is 6.72. The zero-order valence-electron chi connectivity index (χ0n) is 12.8. The Kier molecular flexibility index (Phi) is 5.12. The van der Waals surface area contributed by atoms with Crippen LogP contribution in [-0.4, -0.2) is 20.8 Å².